The fourth-order valence-electron chi connectivity index (χ4n) is 3.18. The van der Waals surface area contributed by atoms with Gasteiger partial charge in [0.25, 0.3) is 0 Å². The van der Waals surface area contributed by atoms with E-state index in [9.17, 15) is 0 Å². The second kappa shape index (κ2) is 5.48. The predicted molar refractivity (Wildman–Crippen MR) is 68.8 cm³/mol. The van der Waals surface area contributed by atoms with Crippen LogP contribution in [0.15, 0.2) is 0 Å². The molecule has 94 valence electrons. The third kappa shape index (κ3) is 2.76. The van der Waals surface area contributed by atoms with E-state index in [2.05, 4.69) is 35.6 Å². The minimum Gasteiger partial charge on any atom is -0.306 e. The number of hydrogen-bond donors (Lipinski definition) is 0. The number of likely N-dealkylation sites (N-methyl/N-ethyl adjacent to an activating group) is 1. The Morgan fingerprint density at radius 1 is 1.06 bits per heavy atom. The molecule has 2 saturated heterocycles. The van der Waals surface area contributed by atoms with Crippen molar-refractivity contribution in [1.29, 1.82) is 0 Å². The van der Waals surface area contributed by atoms with Crippen LogP contribution in [-0.2, 0) is 0 Å². The van der Waals surface area contributed by atoms with Crippen molar-refractivity contribution >= 4 is 0 Å². The van der Waals surface area contributed by atoms with E-state index in [1.165, 1.54) is 52.1 Å². The van der Waals surface area contributed by atoms with E-state index in [4.69, 9.17) is 0 Å². The number of piperidine rings is 1. The number of rotatable bonds is 2. The van der Waals surface area contributed by atoms with E-state index >= 15 is 0 Å². The van der Waals surface area contributed by atoms with Crippen molar-refractivity contribution < 1.29 is 0 Å². The fraction of sp³-hybridized carbons (Fsp3) is 1.00. The van der Waals surface area contributed by atoms with Gasteiger partial charge in [-0.3, -0.25) is 9.80 Å². The van der Waals surface area contributed by atoms with Crippen LogP contribution in [0.4, 0.5) is 0 Å². The van der Waals surface area contributed by atoms with Gasteiger partial charge < -0.3 is 4.90 Å². The van der Waals surface area contributed by atoms with Crippen LogP contribution in [-0.4, -0.2) is 73.1 Å². The summed E-state index contributed by atoms with van der Waals surface area (Å²) in [6, 6.07) is 1.61. The molecular formula is C13H27N3. The summed E-state index contributed by atoms with van der Waals surface area (Å²) in [5.74, 6) is 0. The topological polar surface area (TPSA) is 9.72 Å². The third-order valence-electron chi connectivity index (χ3n) is 4.41. The van der Waals surface area contributed by atoms with Crippen LogP contribution in [0, 0.1) is 0 Å². The third-order valence-corrected chi connectivity index (χ3v) is 4.41. The highest BCUT2D eigenvalue weighted by atomic mass is 15.3. The van der Waals surface area contributed by atoms with E-state index < -0.39 is 0 Å². The van der Waals surface area contributed by atoms with Crippen LogP contribution in [0.2, 0.25) is 0 Å². The van der Waals surface area contributed by atoms with Gasteiger partial charge in [0.1, 0.15) is 0 Å². The van der Waals surface area contributed by atoms with E-state index in [1.807, 2.05) is 0 Å². The molecule has 1 unspecified atom stereocenters. The molecule has 0 radical (unpaired) electrons. The van der Waals surface area contributed by atoms with Crippen LogP contribution in [0.5, 0.6) is 0 Å². The summed E-state index contributed by atoms with van der Waals surface area (Å²) < 4.78 is 0. The van der Waals surface area contributed by atoms with E-state index in [0.29, 0.717) is 0 Å². The monoisotopic (exact) mass is 225 g/mol. The fourth-order valence-corrected chi connectivity index (χ4v) is 3.18. The minimum atomic E-state index is 0.749. The van der Waals surface area contributed by atoms with Crippen molar-refractivity contribution in [3.63, 3.8) is 0 Å². The summed E-state index contributed by atoms with van der Waals surface area (Å²) in [4.78, 5) is 7.80. The molecule has 2 aliphatic rings. The lowest BCUT2D eigenvalue weighted by Gasteiger charge is -2.45. The molecule has 2 fully saturated rings. The van der Waals surface area contributed by atoms with Crippen LogP contribution >= 0.6 is 0 Å². The summed E-state index contributed by atoms with van der Waals surface area (Å²) >= 11 is 0. The molecule has 0 amide bonds. The molecule has 1 atom stereocenters. The Hall–Kier alpha value is -0.120. The van der Waals surface area contributed by atoms with Gasteiger partial charge in [-0.2, -0.15) is 0 Å². The molecule has 2 heterocycles. The Kier molecular flexibility index (Phi) is 4.22. The Bertz CT molecular complexity index is 211. The van der Waals surface area contributed by atoms with Gasteiger partial charge in [0.2, 0.25) is 0 Å². The average Bonchev–Trinajstić information content (AvgIpc) is 2.30. The lowest BCUT2D eigenvalue weighted by Crippen LogP contribution is -2.56. The SMILES string of the molecule is CCN1CCN(C2CCN(C)CC2)CC1C. The maximum absolute atomic E-state index is 2.74. The Labute approximate surface area is 100 Å². The normalized spacial score (nSPS) is 32.1. The summed E-state index contributed by atoms with van der Waals surface area (Å²) in [6.45, 7) is 12.3. The first-order chi connectivity index (χ1) is 7.70. The van der Waals surface area contributed by atoms with Gasteiger partial charge in [0.05, 0.1) is 0 Å². The standard InChI is InChI=1S/C13H27N3/c1-4-15-9-10-16(11-12(15)2)13-5-7-14(3)8-6-13/h12-13H,4-11H2,1-3H3. The smallest absolute Gasteiger partial charge is 0.0195 e. The summed E-state index contributed by atoms with van der Waals surface area (Å²) in [7, 11) is 2.24. The molecule has 2 rings (SSSR count). The molecule has 2 aliphatic heterocycles. The zero-order valence-corrected chi connectivity index (χ0v) is 11.2. The van der Waals surface area contributed by atoms with Crippen molar-refractivity contribution in [2.45, 2.75) is 38.8 Å². The van der Waals surface area contributed by atoms with Gasteiger partial charge in [0.15, 0.2) is 0 Å². The number of likely N-dealkylation sites (tertiary alicyclic amines) is 1. The lowest BCUT2D eigenvalue weighted by molar-refractivity contribution is 0.0368. The molecule has 3 nitrogen and oxygen atoms in total. The molecule has 0 aromatic heterocycles. The molecule has 0 saturated carbocycles. The zero-order chi connectivity index (χ0) is 11.5. The molecule has 16 heavy (non-hydrogen) atoms. The van der Waals surface area contributed by atoms with Crippen molar-refractivity contribution in [2.75, 3.05) is 46.3 Å². The Balaban J connectivity index is 1.83. The largest absolute Gasteiger partial charge is 0.306 e. The highest BCUT2D eigenvalue weighted by Crippen LogP contribution is 2.19. The quantitative estimate of drug-likeness (QED) is 0.697. The van der Waals surface area contributed by atoms with Gasteiger partial charge in [-0.15, -0.1) is 0 Å². The van der Waals surface area contributed by atoms with Crippen LogP contribution in [0.3, 0.4) is 0 Å². The maximum atomic E-state index is 2.74. The van der Waals surface area contributed by atoms with E-state index in [0.717, 1.165) is 12.1 Å². The van der Waals surface area contributed by atoms with Crippen molar-refractivity contribution in [3.05, 3.63) is 0 Å². The number of piperazine rings is 1. The Morgan fingerprint density at radius 3 is 2.31 bits per heavy atom. The van der Waals surface area contributed by atoms with E-state index in [1.54, 1.807) is 0 Å². The highest BCUT2D eigenvalue weighted by Gasteiger charge is 2.29. The lowest BCUT2D eigenvalue weighted by atomic mass is 10.0. The average molecular weight is 225 g/mol. The molecule has 0 bridgehead atoms. The first-order valence-corrected chi connectivity index (χ1v) is 6.87. The van der Waals surface area contributed by atoms with E-state index in [-0.39, 0.29) is 0 Å². The molecule has 0 N–H and O–H groups in total. The van der Waals surface area contributed by atoms with Gasteiger partial charge in [-0.1, -0.05) is 6.92 Å². The predicted octanol–water partition coefficient (Wildman–Crippen LogP) is 1.11. The molecule has 0 spiro atoms. The molecule has 0 aliphatic carbocycles. The van der Waals surface area contributed by atoms with Gasteiger partial charge in [0, 0.05) is 31.7 Å². The van der Waals surface area contributed by atoms with Crippen molar-refractivity contribution in [3.8, 4) is 0 Å². The summed E-state index contributed by atoms with van der Waals surface area (Å²) in [5.41, 5.74) is 0. The maximum Gasteiger partial charge on any atom is 0.0195 e. The zero-order valence-electron chi connectivity index (χ0n) is 11.2. The van der Waals surface area contributed by atoms with Gasteiger partial charge in [-0.25, -0.2) is 0 Å². The van der Waals surface area contributed by atoms with Crippen LogP contribution in [0.1, 0.15) is 26.7 Å². The first kappa shape index (κ1) is 12.3. The van der Waals surface area contributed by atoms with Crippen LogP contribution in [0.25, 0.3) is 0 Å². The second-order valence-electron chi connectivity index (χ2n) is 5.51. The molecule has 0 aromatic carbocycles. The summed E-state index contributed by atoms with van der Waals surface area (Å²) in [6.07, 6.45) is 2.74. The van der Waals surface area contributed by atoms with Gasteiger partial charge >= 0.3 is 0 Å². The Morgan fingerprint density at radius 2 is 1.75 bits per heavy atom. The molecule has 3 heteroatoms. The van der Waals surface area contributed by atoms with Crippen LogP contribution < -0.4 is 0 Å². The highest BCUT2D eigenvalue weighted by molar-refractivity contribution is 4.85. The summed E-state index contributed by atoms with van der Waals surface area (Å²) in [5, 5.41) is 0. The minimum absolute atomic E-state index is 0.749. The number of nitrogens with zero attached hydrogens (tertiary/aromatic N) is 3. The first-order valence-electron chi connectivity index (χ1n) is 6.87. The number of hydrogen-bond acceptors (Lipinski definition) is 3. The van der Waals surface area contributed by atoms with Crippen molar-refractivity contribution in [2.24, 2.45) is 0 Å². The molecule has 0 aromatic rings. The molecular weight excluding hydrogens is 198 g/mol. The van der Waals surface area contributed by atoms with Crippen molar-refractivity contribution in [1.82, 2.24) is 14.7 Å². The van der Waals surface area contributed by atoms with Gasteiger partial charge in [-0.05, 0) is 46.4 Å². The second-order valence-corrected chi connectivity index (χ2v) is 5.51.